The molecule has 0 bridgehead atoms. The number of nitrogens with two attached hydrogens (primary N) is 1. The van der Waals surface area contributed by atoms with Gasteiger partial charge in [0.15, 0.2) is 0 Å². The van der Waals surface area contributed by atoms with Gasteiger partial charge in [0.05, 0.1) is 6.54 Å². The number of rotatable bonds is 1. The van der Waals surface area contributed by atoms with E-state index < -0.39 is 0 Å². The predicted octanol–water partition coefficient (Wildman–Crippen LogP) is 1.92. The van der Waals surface area contributed by atoms with Gasteiger partial charge in [0.1, 0.15) is 0 Å². The predicted molar refractivity (Wildman–Crippen MR) is 74.3 cm³/mol. The maximum Gasteiger partial charge on any atom is 0.319 e. The number of carbonyl (C=O) groups is 1. The van der Waals surface area contributed by atoms with Gasteiger partial charge in [-0.25, -0.2) is 4.79 Å². The molecule has 0 aromatic heterocycles. The largest absolute Gasteiger partial charge is 0.333 e. The Bertz CT molecular complexity index is 461. The lowest BCUT2D eigenvalue weighted by Gasteiger charge is -2.20. The highest BCUT2D eigenvalue weighted by Crippen LogP contribution is 2.09. The van der Waals surface area contributed by atoms with Crippen LogP contribution in [-0.4, -0.2) is 18.1 Å². The highest BCUT2D eigenvalue weighted by molar-refractivity contribution is 5.89. The van der Waals surface area contributed by atoms with Crippen molar-refractivity contribution in [2.24, 2.45) is 5.73 Å². The van der Waals surface area contributed by atoms with Crippen LogP contribution in [0.15, 0.2) is 24.3 Å². The van der Waals surface area contributed by atoms with Crippen molar-refractivity contribution in [2.45, 2.75) is 26.3 Å². The van der Waals surface area contributed by atoms with E-state index in [1.54, 1.807) is 0 Å². The number of carbonyl (C=O) groups excluding carboxylic acids is 1. The van der Waals surface area contributed by atoms with Crippen molar-refractivity contribution in [3.05, 3.63) is 29.8 Å². The SMILES string of the molecule is CC(C)(C)NC(=O)Nc1ccc(C#CCN)cc1. The van der Waals surface area contributed by atoms with E-state index in [0.717, 1.165) is 11.3 Å². The molecule has 96 valence electrons. The Morgan fingerprint density at radius 2 is 1.89 bits per heavy atom. The third-order valence-electron chi connectivity index (χ3n) is 1.97. The molecule has 4 N–H and O–H groups in total. The van der Waals surface area contributed by atoms with Crippen LogP contribution in [0.2, 0.25) is 0 Å². The van der Waals surface area contributed by atoms with Gasteiger partial charge in [0, 0.05) is 16.8 Å². The smallest absolute Gasteiger partial charge is 0.319 e. The van der Waals surface area contributed by atoms with Crippen LogP contribution in [0.3, 0.4) is 0 Å². The first-order valence-corrected chi connectivity index (χ1v) is 5.79. The second-order valence-corrected chi connectivity index (χ2v) is 4.91. The summed E-state index contributed by atoms with van der Waals surface area (Å²) >= 11 is 0. The fraction of sp³-hybridized carbons (Fsp3) is 0.357. The number of hydrogen-bond acceptors (Lipinski definition) is 2. The molecular weight excluding hydrogens is 226 g/mol. The molecule has 1 aromatic rings. The topological polar surface area (TPSA) is 67.2 Å². The molecule has 0 aliphatic carbocycles. The zero-order valence-electron chi connectivity index (χ0n) is 11.0. The fourth-order valence-electron chi connectivity index (χ4n) is 1.29. The summed E-state index contributed by atoms with van der Waals surface area (Å²) in [6.07, 6.45) is 0. The van der Waals surface area contributed by atoms with Crippen molar-refractivity contribution in [3.8, 4) is 11.8 Å². The first-order valence-electron chi connectivity index (χ1n) is 5.79. The fourth-order valence-corrected chi connectivity index (χ4v) is 1.29. The minimum atomic E-state index is -0.253. The zero-order chi connectivity index (χ0) is 13.6. The molecule has 0 spiro atoms. The number of urea groups is 1. The summed E-state index contributed by atoms with van der Waals surface area (Å²) in [7, 11) is 0. The van der Waals surface area contributed by atoms with Crippen LogP contribution in [0, 0.1) is 11.8 Å². The van der Waals surface area contributed by atoms with Crippen LogP contribution in [0.4, 0.5) is 10.5 Å². The second kappa shape index (κ2) is 6.08. The summed E-state index contributed by atoms with van der Waals surface area (Å²) in [5.74, 6) is 5.69. The van der Waals surface area contributed by atoms with Gasteiger partial charge < -0.3 is 16.4 Å². The van der Waals surface area contributed by atoms with Gasteiger partial charge in [-0.2, -0.15) is 0 Å². The molecule has 0 aliphatic rings. The van der Waals surface area contributed by atoms with Crippen molar-refractivity contribution in [1.29, 1.82) is 0 Å². The summed E-state index contributed by atoms with van der Waals surface area (Å²) in [6.45, 7) is 6.13. The Morgan fingerprint density at radius 1 is 1.28 bits per heavy atom. The highest BCUT2D eigenvalue weighted by atomic mass is 16.2. The molecule has 2 amide bonds. The van der Waals surface area contributed by atoms with Gasteiger partial charge in [-0.3, -0.25) is 0 Å². The standard InChI is InChI=1S/C14H19N3O/c1-14(2,3)17-13(18)16-12-8-6-11(7-9-12)5-4-10-15/h6-9H,10,15H2,1-3H3,(H2,16,17,18). The van der Waals surface area contributed by atoms with Crippen molar-refractivity contribution in [1.82, 2.24) is 5.32 Å². The maximum absolute atomic E-state index is 11.6. The first kappa shape index (κ1) is 14.1. The Morgan fingerprint density at radius 3 is 2.39 bits per heavy atom. The van der Waals surface area contributed by atoms with Gasteiger partial charge in [0.25, 0.3) is 0 Å². The molecule has 1 rings (SSSR count). The van der Waals surface area contributed by atoms with E-state index in [9.17, 15) is 4.79 Å². The average Bonchev–Trinajstić information content (AvgIpc) is 2.25. The number of anilines is 1. The Labute approximate surface area is 108 Å². The molecule has 0 radical (unpaired) electrons. The molecule has 0 saturated heterocycles. The molecule has 0 aliphatic heterocycles. The van der Waals surface area contributed by atoms with Crippen molar-refractivity contribution in [2.75, 3.05) is 11.9 Å². The lowest BCUT2D eigenvalue weighted by atomic mass is 10.1. The number of benzene rings is 1. The number of hydrogen-bond donors (Lipinski definition) is 3. The van der Waals surface area contributed by atoms with Crippen molar-refractivity contribution >= 4 is 11.7 Å². The van der Waals surface area contributed by atoms with Crippen LogP contribution in [0.25, 0.3) is 0 Å². The molecule has 18 heavy (non-hydrogen) atoms. The second-order valence-electron chi connectivity index (χ2n) is 4.91. The van der Waals surface area contributed by atoms with Crippen molar-refractivity contribution < 1.29 is 4.79 Å². The summed E-state index contributed by atoms with van der Waals surface area (Å²) < 4.78 is 0. The number of amides is 2. The van der Waals surface area contributed by atoms with Crippen molar-refractivity contribution in [3.63, 3.8) is 0 Å². The maximum atomic E-state index is 11.6. The molecule has 4 nitrogen and oxygen atoms in total. The third kappa shape index (κ3) is 5.37. The Kier molecular flexibility index (Phi) is 4.75. The third-order valence-corrected chi connectivity index (χ3v) is 1.97. The van der Waals surface area contributed by atoms with E-state index in [2.05, 4.69) is 22.5 Å². The molecule has 4 heteroatoms. The summed E-state index contributed by atoms with van der Waals surface area (Å²) in [4.78, 5) is 11.6. The van der Waals surface area contributed by atoms with Gasteiger partial charge in [-0.15, -0.1) is 0 Å². The molecule has 1 aromatic carbocycles. The van der Waals surface area contributed by atoms with Gasteiger partial charge in [0.2, 0.25) is 0 Å². The minimum absolute atomic E-state index is 0.219. The number of nitrogens with one attached hydrogen (secondary N) is 2. The van der Waals surface area contributed by atoms with Crippen LogP contribution < -0.4 is 16.4 Å². The van der Waals surface area contributed by atoms with E-state index in [4.69, 9.17) is 5.73 Å². The van der Waals surface area contributed by atoms with Crippen LogP contribution in [0.1, 0.15) is 26.3 Å². The van der Waals surface area contributed by atoms with Gasteiger partial charge in [-0.1, -0.05) is 11.8 Å². The highest BCUT2D eigenvalue weighted by Gasteiger charge is 2.13. The van der Waals surface area contributed by atoms with Crippen LogP contribution in [-0.2, 0) is 0 Å². The summed E-state index contributed by atoms with van der Waals surface area (Å²) in [5, 5.41) is 5.58. The van der Waals surface area contributed by atoms with Crippen LogP contribution in [0.5, 0.6) is 0 Å². The normalized spacial score (nSPS) is 10.2. The molecular formula is C14H19N3O. The molecule has 0 atom stereocenters. The molecule has 0 fully saturated rings. The first-order chi connectivity index (χ1) is 8.40. The minimum Gasteiger partial charge on any atom is -0.333 e. The van der Waals surface area contributed by atoms with Crippen LogP contribution >= 0.6 is 0 Å². The lowest BCUT2D eigenvalue weighted by molar-refractivity contribution is 0.244. The zero-order valence-corrected chi connectivity index (χ0v) is 11.0. The average molecular weight is 245 g/mol. The Balaban J connectivity index is 2.61. The van der Waals surface area contributed by atoms with E-state index in [0.29, 0.717) is 6.54 Å². The summed E-state index contributed by atoms with van der Waals surface area (Å²) in [5.41, 5.74) is 6.65. The Hall–Kier alpha value is -1.99. The van der Waals surface area contributed by atoms with Gasteiger partial charge >= 0.3 is 6.03 Å². The molecule has 0 saturated carbocycles. The molecule has 0 heterocycles. The monoisotopic (exact) mass is 245 g/mol. The van der Waals surface area contributed by atoms with E-state index in [1.807, 2.05) is 45.0 Å². The van der Waals surface area contributed by atoms with E-state index in [1.165, 1.54) is 0 Å². The van der Waals surface area contributed by atoms with E-state index in [-0.39, 0.29) is 11.6 Å². The quantitative estimate of drug-likeness (QED) is 0.662. The van der Waals surface area contributed by atoms with E-state index >= 15 is 0 Å². The lowest BCUT2D eigenvalue weighted by Crippen LogP contribution is -2.43. The summed E-state index contributed by atoms with van der Waals surface area (Å²) in [6, 6.07) is 7.08. The van der Waals surface area contributed by atoms with Gasteiger partial charge in [-0.05, 0) is 45.0 Å². The molecule has 0 unspecified atom stereocenters.